The molecule has 2 amide bonds. The third kappa shape index (κ3) is 4.31. The van der Waals surface area contributed by atoms with Crippen molar-refractivity contribution in [2.24, 2.45) is 0 Å². The Kier molecular flexibility index (Phi) is 5.14. The number of amides is 2. The molecule has 0 aliphatic heterocycles. The molecule has 0 aromatic carbocycles. The Balaban J connectivity index is 2.35. The molecule has 2 rings (SSSR count). The van der Waals surface area contributed by atoms with Crippen LogP contribution in [0.1, 0.15) is 43.2 Å². The van der Waals surface area contributed by atoms with E-state index in [0.717, 1.165) is 4.88 Å². The first-order chi connectivity index (χ1) is 11.4. The summed E-state index contributed by atoms with van der Waals surface area (Å²) < 4.78 is 43.9. The molecule has 0 spiro atoms. The predicted molar refractivity (Wildman–Crippen MR) is 84.0 cm³/mol. The molecule has 1 aliphatic carbocycles. The minimum absolute atomic E-state index is 0.0167. The Hall–Kier alpha value is -2.08. The van der Waals surface area contributed by atoms with Crippen LogP contribution < -0.4 is 0 Å². The first kappa shape index (κ1) is 19.2. The van der Waals surface area contributed by atoms with Crippen molar-refractivity contribution < 1.29 is 27.5 Å². The number of halogens is 3. The van der Waals surface area contributed by atoms with Crippen LogP contribution in [-0.2, 0) is 22.4 Å². The maximum atomic E-state index is 13.0. The van der Waals surface area contributed by atoms with Gasteiger partial charge in [0.25, 0.3) is 0 Å². The van der Waals surface area contributed by atoms with Gasteiger partial charge in [0.2, 0.25) is 0 Å². The summed E-state index contributed by atoms with van der Waals surface area (Å²) in [4.78, 5) is 25.2. The van der Waals surface area contributed by atoms with Crippen molar-refractivity contribution in [1.82, 2.24) is 4.90 Å². The molecule has 9 heteroatoms. The molecule has 1 aliphatic rings. The van der Waals surface area contributed by atoms with Gasteiger partial charge in [0.05, 0.1) is 5.56 Å². The van der Waals surface area contributed by atoms with Crippen molar-refractivity contribution in [3.05, 3.63) is 21.4 Å². The van der Waals surface area contributed by atoms with E-state index in [1.165, 1.54) is 32.1 Å². The van der Waals surface area contributed by atoms with Gasteiger partial charge in [-0.15, -0.1) is 11.3 Å². The van der Waals surface area contributed by atoms with Gasteiger partial charge in [0, 0.05) is 16.3 Å². The second kappa shape index (κ2) is 6.67. The molecule has 0 radical (unpaired) electrons. The van der Waals surface area contributed by atoms with Gasteiger partial charge in [0.1, 0.15) is 11.7 Å². The molecule has 1 aromatic heterocycles. The minimum Gasteiger partial charge on any atom is -0.443 e. The standard InChI is InChI=1S/C16H17F3N2O3S/c1-15(2,3)24-14(23)21(13(22)16(17,18)19)10-4-5-12-11(6-10)9(7-20)8-25-12/h8,10H,4-6H2,1-3H3. The van der Waals surface area contributed by atoms with Crippen LogP contribution >= 0.6 is 11.3 Å². The molecule has 5 nitrogen and oxygen atoms in total. The predicted octanol–water partition coefficient (Wildman–Crippen LogP) is 3.80. The van der Waals surface area contributed by atoms with Crippen molar-refractivity contribution in [2.75, 3.05) is 0 Å². The van der Waals surface area contributed by atoms with E-state index in [1.54, 1.807) is 5.38 Å². The zero-order chi connectivity index (χ0) is 19.0. The third-order valence-corrected chi connectivity index (χ3v) is 4.75. The summed E-state index contributed by atoms with van der Waals surface area (Å²) in [6.07, 6.45) is -5.90. The number of aryl methyl sites for hydroxylation is 1. The van der Waals surface area contributed by atoms with Gasteiger partial charge < -0.3 is 4.74 Å². The van der Waals surface area contributed by atoms with E-state index >= 15 is 0 Å². The van der Waals surface area contributed by atoms with Gasteiger partial charge >= 0.3 is 18.2 Å². The fourth-order valence-corrected chi connectivity index (χ4v) is 3.68. The van der Waals surface area contributed by atoms with E-state index in [1.807, 2.05) is 6.07 Å². The Labute approximate surface area is 147 Å². The maximum Gasteiger partial charge on any atom is 0.471 e. The zero-order valence-corrected chi connectivity index (χ0v) is 14.8. The Morgan fingerprint density at radius 1 is 1.36 bits per heavy atom. The number of carbonyl (C=O) groups excluding carboxylic acids is 2. The molecule has 0 bridgehead atoms. The fraction of sp³-hybridized carbons (Fsp3) is 0.562. The maximum absolute atomic E-state index is 13.0. The van der Waals surface area contributed by atoms with Gasteiger partial charge in [-0.05, 0) is 45.6 Å². The van der Waals surface area contributed by atoms with E-state index in [0.29, 0.717) is 17.5 Å². The largest absolute Gasteiger partial charge is 0.471 e. The molecule has 0 fully saturated rings. The lowest BCUT2D eigenvalue weighted by Crippen LogP contribution is -2.53. The number of rotatable bonds is 1. The highest BCUT2D eigenvalue weighted by atomic mass is 32.1. The van der Waals surface area contributed by atoms with E-state index in [2.05, 4.69) is 0 Å². The van der Waals surface area contributed by atoms with Crippen LogP contribution in [0.2, 0.25) is 0 Å². The Morgan fingerprint density at radius 3 is 2.52 bits per heavy atom. The molecular formula is C16H17F3N2O3S. The van der Waals surface area contributed by atoms with Crippen molar-refractivity contribution >= 4 is 23.3 Å². The van der Waals surface area contributed by atoms with Crippen molar-refractivity contribution in [3.63, 3.8) is 0 Å². The number of alkyl halides is 3. The molecule has 1 aromatic rings. The topological polar surface area (TPSA) is 70.4 Å². The molecular weight excluding hydrogens is 357 g/mol. The number of hydrogen-bond donors (Lipinski definition) is 0. The van der Waals surface area contributed by atoms with Gasteiger partial charge in [-0.2, -0.15) is 18.4 Å². The average molecular weight is 374 g/mol. The van der Waals surface area contributed by atoms with Crippen molar-refractivity contribution in [2.45, 2.75) is 57.9 Å². The number of hydrogen-bond acceptors (Lipinski definition) is 5. The number of nitrogens with zero attached hydrogens (tertiary/aromatic N) is 2. The summed E-state index contributed by atoms with van der Waals surface area (Å²) in [6.45, 7) is 4.52. The molecule has 1 heterocycles. The summed E-state index contributed by atoms with van der Waals surface area (Å²) in [7, 11) is 0. The van der Waals surface area contributed by atoms with Crippen LogP contribution in [0, 0.1) is 11.3 Å². The third-order valence-electron chi connectivity index (χ3n) is 3.66. The van der Waals surface area contributed by atoms with Crippen LogP contribution in [0.25, 0.3) is 0 Å². The lowest BCUT2D eigenvalue weighted by molar-refractivity contribution is -0.186. The normalized spacial score (nSPS) is 17.4. The van der Waals surface area contributed by atoms with Crippen LogP contribution in [0.5, 0.6) is 0 Å². The second-order valence-corrected chi connectivity index (χ2v) is 7.68. The molecule has 0 N–H and O–H groups in total. The fourth-order valence-electron chi connectivity index (χ4n) is 2.65. The summed E-state index contributed by atoms with van der Waals surface area (Å²) >= 11 is 1.36. The molecule has 0 saturated carbocycles. The van der Waals surface area contributed by atoms with Gasteiger partial charge in [0.15, 0.2) is 0 Å². The van der Waals surface area contributed by atoms with Crippen LogP contribution in [0.3, 0.4) is 0 Å². The summed E-state index contributed by atoms with van der Waals surface area (Å²) in [5.74, 6) is -2.25. The lowest BCUT2D eigenvalue weighted by Gasteiger charge is -2.34. The molecule has 1 unspecified atom stereocenters. The minimum atomic E-state index is -5.19. The Bertz CT molecular complexity index is 728. The first-order valence-electron chi connectivity index (χ1n) is 7.56. The van der Waals surface area contributed by atoms with E-state index in [-0.39, 0.29) is 17.7 Å². The Morgan fingerprint density at radius 2 is 2.00 bits per heavy atom. The first-order valence-corrected chi connectivity index (χ1v) is 8.44. The van der Waals surface area contributed by atoms with Crippen molar-refractivity contribution in [3.8, 4) is 6.07 Å². The van der Waals surface area contributed by atoms with E-state index in [4.69, 9.17) is 10.00 Å². The monoisotopic (exact) mass is 374 g/mol. The van der Waals surface area contributed by atoms with Gasteiger partial charge in [-0.25, -0.2) is 9.69 Å². The van der Waals surface area contributed by atoms with Gasteiger partial charge in [-0.3, -0.25) is 4.79 Å². The van der Waals surface area contributed by atoms with Crippen LogP contribution in [0.15, 0.2) is 5.38 Å². The number of imide groups is 1. The van der Waals surface area contributed by atoms with Crippen molar-refractivity contribution in [1.29, 1.82) is 5.26 Å². The average Bonchev–Trinajstić information content (AvgIpc) is 2.86. The summed E-state index contributed by atoms with van der Waals surface area (Å²) in [5.41, 5.74) is -0.0677. The molecule has 0 saturated heterocycles. The molecule has 1 atom stereocenters. The summed E-state index contributed by atoms with van der Waals surface area (Å²) in [6, 6.07) is 0.988. The zero-order valence-electron chi connectivity index (χ0n) is 13.9. The highest BCUT2D eigenvalue weighted by Gasteiger charge is 2.49. The number of nitriles is 1. The highest BCUT2D eigenvalue weighted by molar-refractivity contribution is 7.10. The second-order valence-electron chi connectivity index (χ2n) is 6.71. The SMILES string of the molecule is CC(C)(C)OC(=O)N(C(=O)C(F)(F)F)C1CCc2scc(C#N)c2C1. The molecule has 25 heavy (non-hydrogen) atoms. The quantitative estimate of drug-likeness (QED) is 0.750. The van der Waals surface area contributed by atoms with Crippen LogP contribution in [-0.4, -0.2) is 34.7 Å². The summed E-state index contributed by atoms with van der Waals surface area (Å²) in [5, 5.41) is 10.7. The lowest BCUT2D eigenvalue weighted by atomic mass is 9.91. The number of fused-ring (bicyclic) bond motifs is 1. The highest BCUT2D eigenvalue weighted by Crippen LogP contribution is 2.34. The van der Waals surface area contributed by atoms with Gasteiger partial charge in [-0.1, -0.05) is 0 Å². The van der Waals surface area contributed by atoms with Crippen LogP contribution in [0.4, 0.5) is 18.0 Å². The smallest absolute Gasteiger partial charge is 0.443 e. The van der Waals surface area contributed by atoms with E-state index < -0.39 is 29.8 Å². The number of carbonyl (C=O) groups is 2. The molecule has 136 valence electrons. The number of thiophene rings is 1. The number of ether oxygens (including phenoxy) is 1. The van der Waals surface area contributed by atoms with E-state index in [9.17, 15) is 22.8 Å².